The lowest BCUT2D eigenvalue weighted by Gasteiger charge is -2.26. The zero-order valence-corrected chi connectivity index (χ0v) is 17.6. The first kappa shape index (κ1) is 20.4. The second-order valence-electron chi connectivity index (χ2n) is 7.28. The number of hydrogen-bond acceptors (Lipinski definition) is 7. The van der Waals surface area contributed by atoms with Crippen molar-refractivity contribution in [1.82, 2.24) is 14.7 Å². The van der Waals surface area contributed by atoms with Crippen LogP contribution in [-0.4, -0.2) is 72.5 Å². The highest BCUT2D eigenvalue weighted by Gasteiger charge is 2.45. The summed E-state index contributed by atoms with van der Waals surface area (Å²) in [6, 6.07) is 11.1. The van der Waals surface area contributed by atoms with Crippen molar-refractivity contribution in [3.05, 3.63) is 46.7 Å². The second-order valence-corrected chi connectivity index (χ2v) is 8.32. The lowest BCUT2D eigenvalue weighted by molar-refractivity contribution is -0.144. The average molecular weight is 429 g/mol. The molecule has 2 aromatic rings. The van der Waals surface area contributed by atoms with E-state index < -0.39 is 17.8 Å². The first-order valence-electron chi connectivity index (χ1n) is 9.88. The van der Waals surface area contributed by atoms with Gasteiger partial charge < -0.3 is 9.64 Å². The van der Waals surface area contributed by atoms with Gasteiger partial charge >= 0.3 is 17.8 Å². The van der Waals surface area contributed by atoms with Gasteiger partial charge in [-0.1, -0.05) is 6.07 Å². The molecule has 4 amide bonds. The summed E-state index contributed by atoms with van der Waals surface area (Å²) in [4.78, 5) is 44.8. The van der Waals surface area contributed by atoms with Crippen molar-refractivity contribution in [2.75, 3.05) is 44.9 Å². The monoisotopic (exact) mass is 428 g/mol. The van der Waals surface area contributed by atoms with Crippen LogP contribution in [0.3, 0.4) is 0 Å². The predicted octanol–water partition coefficient (Wildman–Crippen LogP) is 2.22. The summed E-state index contributed by atoms with van der Waals surface area (Å²) in [5.74, 6) is -0.672. The molecule has 2 aliphatic rings. The molecular formula is C21H24N4O4S. The van der Waals surface area contributed by atoms with Crippen LogP contribution in [0.25, 0.3) is 0 Å². The van der Waals surface area contributed by atoms with Gasteiger partial charge in [-0.2, -0.15) is 0 Å². The highest BCUT2D eigenvalue weighted by molar-refractivity contribution is 7.09. The maximum absolute atomic E-state index is 12.7. The minimum absolute atomic E-state index is 0.140. The predicted molar refractivity (Wildman–Crippen MR) is 113 cm³/mol. The number of anilines is 1. The molecule has 4 rings (SSSR count). The van der Waals surface area contributed by atoms with Gasteiger partial charge in [0.25, 0.3) is 0 Å². The molecule has 1 aromatic carbocycles. The molecule has 0 aliphatic carbocycles. The quantitative estimate of drug-likeness (QED) is 0.519. The summed E-state index contributed by atoms with van der Waals surface area (Å²) in [6.45, 7) is 3.39. The summed E-state index contributed by atoms with van der Waals surface area (Å²) >= 11 is 1.46. The number of carbonyl (C=O) groups excluding carboxylic acids is 3. The van der Waals surface area contributed by atoms with Gasteiger partial charge in [-0.05, 0) is 42.1 Å². The number of thiophene rings is 1. The number of carbonyl (C=O) groups is 3. The molecule has 0 N–H and O–H groups in total. The van der Waals surface area contributed by atoms with Gasteiger partial charge in [-0.25, -0.2) is 9.69 Å². The highest BCUT2D eigenvalue weighted by Crippen LogP contribution is 2.22. The molecule has 9 heteroatoms. The Labute approximate surface area is 179 Å². The van der Waals surface area contributed by atoms with E-state index in [-0.39, 0.29) is 13.2 Å². The molecule has 0 radical (unpaired) electrons. The van der Waals surface area contributed by atoms with Crippen LogP contribution >= 0.6 is 11.3 Å². The van der Waals surface area contributed by atoms with Crippen LogP contribution in [0.4, 0.5) is 10.5 Å². The first-order chi connectivity index (χ1) is 14.6. The highest BCUT2D eigenvalue weighted by atomic mass is 32.1. The van der Waals surface area contributed by atoms with Gasteiger partial charge in [-0.15, -0.1) is 11.3 Å². The van der Waals surface area contributed by atoms with Crippen LogP contribution in [0.15, 0.2) is 41.8 Å². The van der Waals surface area contributed by atoms with E-state index in [9.17, 15) is 14.4 Å². The van der Waals surface area contributed by atoms with Gasteiger partial charge in [0.15, 0.2) is 0 Å². The molecule has 8 nitrogen and oxygen atoms in total. The van der Waals surface area contributed by atoms with Gasteiger partial charge in [-0.3, -0.25) is 19.4 Å². The zero-order valence-electron chi connectivity index (χ0n) is 16.8. The van der Waals surface area contributed by atoms with Crippen molar-refractivity contribution in [3.63, 3.8) is 0 Å². The van der Waals surface area contributed by atoms with E-state index >= 15 is 0 Å². The van der Waals surface area contributed by atoms with E-state index in [1.165, 1.54) is 11.3 Å². The molecule has 1 aromatic heterocycles. The average Bonchev–Trinajstić information content (AvgIpc) is 3.25. The Bertz CT molecular complexity index is 916. The van der Waals surface area contributed by atoms with Gasteiger partial charge in [0.2, 0.25) is 0 Å². The summed E-state index contributed by atoms with van der Waals surface area (Å²) in [7, 11) is 1.64. The molecule has 0 saturated carbocycles. The largest absolute Gasteiger partial charge is 0.497 e. The number of rotatable bonds is 6. The van der Waals surface area contributed by atoms with Crippen LogP contribution in [0.2, 0.25) is 0 Å². The van der Waals surface area contributed by atoms with Crippen LogP contribution in [-0.2, 0) is 16.1 Å². The molecule has 158 valence electrons. The van der Waals surface area contributed by atoms with Gasteiger partial charge in [0.05, 0.1) is 20.3 Å². The summed E-state index contributed by atoms with van der Waals surface area (Å²) < 4.78 is 5.22. The van der Waals surface area contributed by atoms with E-state index in [2.05, 4.69) is 9.80 Å². The Morgan fingerprint density at radius 2 is 1.70 bits per heavy atom. The Balaban J connectivity index is 1.37. The Hall–Kier alpha value is -2.91. The normalized spacial score (nSPS) is 18.3. The van der Waals surface area contributed by atoms with Crippen molar-refractivity contribution < 1.29 is 19.1 Å². The number of benzene rings is 1. The summed E-state index contributed by atoms with van der Waals surface area (Å²) in [6.07, 6.45) is 0.898. The first-order valence-corrected chi connectivity index (χ1v) is 10.8. The number of urea groups is 1. The van der Waals surface area contributed by atoms with E-state index in [0.717, 1.165) is 52.2 Å². The molecule has 0 atom stereocenters. The van der Waals surface area contributed by atoms with Crippen molar-refractivity contribution in [2.45, 2.75) is 13.0 Å². The van der Waals surface area contributed by atoms with Crippen molar-refractivity contribution in [2.24, 2.45) is 0 Å². The number of amides is 4. The number of ether oxygens (including phenoxy) is 1. The van der Waals surface area contributed by atoms with Crippen molar-refractivity contribution in [1.29, 1.82) is 0 Å². The molecule has 2 aliphatic heterocycles. The van der Waals surface area contributed by atoms with Crippen molar-refractivity contribution in [3.8, 4) is 5.75 Å². The maximum atomic E-state index is 12.7. The number of hydrogen-bond donors (Lipinski definition) is 0. The minimum atomic E-state index is -0.747. The van der Waals surface area contributed by atoms with Crippen LogP contribution in [0.5, 0.6) is 5.75 Å². The van der Waals surface area contributed by atoms with Crippen LogP contribution < -0.4 is 9.64 Å². The third-order valence-corrected chi connectivity index (χ3v) is 6.26. The van der Waals surface area contributed by atoms with E-state index in [1.807, 2.05) is 41.8 Å². The number of nitrogens with zero attached hydrogens (tertiary/aromatic N) is 4. The third kappa shape index (κ3) is 4.17. The molecule has 0 spiro atoms. The SMILES string of the molecule is COc1ccc(N2CCCN(CN3C(=O)C(=O)N(Cc4cccs4)C3=O)CC2)cc1. The molecule has 2 fully saturated rings. The van der Waals surface area contributed by atoms with E-state index in [4.69, 9.17) is 4.74 Å². The Morgan fingerprint density at radius 1 is 0.933 bits per heavy atom. The fourth-order valence-corrected chi connectivity index (χ4v) is 4.43. The number of methoxy groups -OCH3 is 1. The maximum Gasteiger partial charge on any atom is 0.335 e. The molecule has 3 heterocycles. The number of imide groups is 2. The topological polar surface area (TPSA) is 73.4 Å². The Kier molecular flexibility index (Phi) is 6.01. The standard InChI is InChI=1S/C21H24N4O4S/c1-29-17-7-5-16(6-8-17)23-10-3-9-22(11-12-23)15-25-20(27)19(26)24(21(25)28)14-18-4-2-13-30-18/h2,4-8,13H,3,9-12,14-15H2,1H3. The van der Waals surface area contributed by atoms with Crippen LogP contribution in [0, 0.1) is 0 Å². The van der Waals surface area contributed by atoms with Crippen molar-refractivity contribution >= 4 is 34.9 Å². The smallest absolute Gasteiger partial charge is 0.335 e. The molecule has 30 heavy (non-hydrogen) atoms. The fourth-order valence-electron chi connectivity index (χ4n) is 3.74. The molecule has 0 bridgehead atoms. The van der Waals surface area contributed by atoms with Gasteiger partial charge in [0, 0.05) is 36.7 Å². The van der Waals surface area contributed by atoms with E-state index in [1.54, 1.807) is 7.11 Å². The summed E-state index contributed by atoms with van der Waals surface area (Å²) in [5.41, 5.74) is 1.11. The second kappa shape index (κ2) is 8.85. The van der Waals surface area contributed by atoms with Gasteiger partial charge in [0.1, 0.15) is 5.75 Å². The molecule has 0 unspecified atom stereocenters. The minimum Gasteiger partial charge on any atom is -0.497 e. The molecule has 2 saturated heterocycles. The zero-order chi connectivity index (χ0) is 21.1. The summed E-state index contributed by atoms with van der Waals surface area (Å²) in [5, 5.41) is 1.88. The Morgan fingerprint density at radius 3 is 2.40 bits per heavy atom. The lowest BCUT2D eigenvalue weighted by Crippen LogP contribution is -2.43. The third-order valence-electron chi connectivity index (χ3n) is 5.40. The fraction of sp³-hybridized carbons (Fsp3) is 0.381. The van der Waals surface area contributed by atoms with Crippen LogP contribution in [0.1, 0.15) is 11.3 Å². The lowest BCUT2D eigenvalue weighted by atomic mass is 10.2. The van der Waals surface area contributed by atoms with E-state index in [0.29, 0.717) is 6.54 Å². The molecular weight excluding hydrogens is 404 g/mol.